The van der Waals surface area contributed by atoms with Gasteiger partial charge in [-0.15, -0.1) is 0 Å². The second kappa shape index (κ2) is 9.20. The molecule has 0 radical (unpaired) electrons. The predicted molar refractivity (Wildman–Crippen MR) is 121 cm³/mol. The van der Waals surface area contributed by atoms with E-state index >= 15 is 0 Å². The van der Waals surface area contributed by atoms with Crippen LogP contribution >= 0.6 is 12.2 Å². The minimum absolute atomic E-state index is 0.169. The molecule has 1 atom stereocenters. The van der Waals surface area contributed by atoms with E-state index in [1.54, 1.807) is 12.1 Å². The highest BCUT2D eigenvalue weighted by Gasteiger charge is 2.28. The summed E-state index contributed by atoms with van der Waals surface area (Å²) >= 11 is 5.62. The van der Waals surface area contributed by atoms with Gasteiger partial charge in [0.15, 0.2) is 11.1 Å². The van der Waals surface area contributed by atoms with Crippen molar-refractivity contribution in [1.82, 2.24) is 14.5 Å². The molecule has 1 unspecified atom stereocenters. The fourth-order valence-electron chi connectivity index (χ4n) is 4.94. The molecule has 2 aromatic carbocycles. The van der Waals surface area contributed by atoms with Gasteiger partial charge in [-0.2, -0.15) is 0 Å². The average Bonchev–Trinajstić information content (AvgIpc) is 3.41. The fraction of sp³-hybridized carbons (Fsp3) is 0.458. The molecule has 5 rings (SSSR count). The maximum atomic E-state index is 13.5. The number of nitrogens with one attached hydrogen (secondary N) is 1. The van der Waals surface area contributed by atoms with E-state index in [0.717, 1.165) is 54.7 Å². The normalized spacial score (nSPS) is 19.9. The fourth-order valence-corrected chi connectivity index (χ4v) is 5.29. The quantitative estimate of drug-likeness (QED) is 0.546. The summed E-state index contributed by atoms with van der Waals surface area (Å²) in [5.41, 5.74) is 3.43. The van der Waals surface area contributed by atoms with E-state index < -0.39 is 0 Å². The van der Waals surface area contributed by atoms with Crippen LogP contribution in [0.4, 0.5) is 4.39 Å². The molecule has 0 bridgehead atoms. The van der Waals surface area contributed by atoms with Crippen molar-refractivity contribution in [3.8, 4) is 0 Å². The van der Waals surface area contributed by atoms with Crippen molar-refractivity contribution >= 4 is 23.3 Å². The van der Waals surface area contributed by atoms with E-state index in [4.69, 9.17) is 21.7 Å². The Bertz CT molecular complexity index is 1070. The zero-order valence-electron chi connectivity index (χ0n) is 17.5. The number of hydrogen-bond donors (Lipinski definition) is 1. The Morgan fingerprint density at radius 3 is 2.48 bits per heavy atom. The van der Waals surface area contributed by atoms with Gasteiger partial charge in [-0.05, 0) is 54.9 Å². The van der Waals surface area contributed by atoms with Crippen LogP contribution in [0.1, 0.15) is 36.8 Å². The number of fused-ring (bicyclic) bond motifs is 1. The topological polar surface area (TPSA) is 42.4 Å². The third kappa shape index (κ3) is 4.60. The number of likely N-dealkylation sites (tertiary alicyclic amines) is 1. The number of H-pyrrole nitrogens is 1. The van der Waals surface area contributed by atoms with Crippen LogP contribution in [0.25, 0.3) is 11.0 Å². The standard InChI is InChI=1S/C24H28FN3O2S/c25-19-7-5-17(6-8-19)18(15-23-29-13-14-30-23)16-27-11-9-20(10-12-27)28-22-4-2-1-3-21(22)26-24(28)31/h1-8,18,20,23H,9-16H2,(H,26,31). The molecule has 0 saturated carbocycles. The van der Waals surface area contributed by atoms with Gasteiger partial charge in [0.25, 0.3) is 0 Å². The van der Waals surface area contributed by atoms with E-state index in [1.807, 2.05) is 18.2 Å². The molecule has 2 fully saturated rings. The lowest BCUT2D eigenvalue weighted by Crippen LogP contribution is -2.38. The molecule has 2 aliphatic heterocycles. The van der Waals surface area contributed by atoms with Gasteiger partial charge >= 0.3 is 0 Å². The van der Waals surface area contributed by atoms with Gasteiger partial charge in [-0.25, -0.2) is 4.39 Å². The number of nitrogens with zero attached hydrogens (tertiary/aromatic N) is 2. The van der Waals surface area contributed by atoms with E-state index in [1.165, 1.54) is 5.52 Å². The molecular weight excluding hydrogens is 413 g/mol. The van der Waals surface area contributed by atoms with Crippen molar-refractivity contribution in [3.63, 3.8) is 0 Å². The number of piperidine rings is 1. The number of benzene rings is 2. The molecule has 2 aliphatic rings. The lowest BCUT2D eigenvalue weighted by atomic mass is 9.93. The number of aromatic nitrogens is 2. The first-order chi connectivity index (χ1) is 15.2. The Balaban J connectivity index is 1.27. The molecule has 2 saturated heterocycles. The number of imidazole rings is 1. The van der Waals surface area contributed by atoms with Crippen LogP contribution in [0.3, 0.4) is 0 Å². The molecule has 3 heterocycles. The summed E-state index contributed by atoms with van der Waals surface area (Å²) in [5, 5.41) is 0. The average molecular weight is 442 g/mol. The Kier molecular flexibility index (Phi) is 6.18. The van der Waals surface area contributed by atoms with Gasteiger partial charge in [-0.1, -0.05) is 24.3 Å². The van der Waals surface area contributed by atoms with E-state index in [2.05, 4.69) is 32.7 Å². The molecule has 3 aromatic rings. The minimum atomic E-state index is -0.202. The molecule has 0 spiro atoms. The third-order valence-corrected chi connectivity index (χ3v) is 6.83. The van der Waals surface area contributed by atoms with E-state index in [9.17, 15) is 4.39 Å². The SMILES string of the molecule is Fc1ccc(C(CC2OCCO2)CN2CCC(n3c(=S)[nH]c4ccccc43)CC2)cc1. The number of ether oxygens (including phenoxy) is 2. The number of aromatic amines is 1. The van der Waals surface area contributed by atoms with Crippen molar-refractivity contribution in [3.05, 3.63) is 64.7 Å². The molecule has 0 amide bonds. The van der Waals surface area contributed by atoms with Gasteiger partial charge in [0.1, 0.15) is 5.82 Å². The predicted octanol–water partition coefficient (Wildman–Crippen LogP) is 5.02. The monoisotopic (exact) mass is 441 g/mol. The lowest BCUT2D eigenvalue weighted by molar-refractivity contribution is -0.0531. The smallest absolute Gasteiger partial charge is 0.178 e. The first-order valence-electron chi connectivity index (χ1n) is 11.1. The van der Waals surface area contributed by atoms with Crippen LogP contribution in [0.15, 0.2) is 48.5 Å². The van der Waals surface area contributed by atoms with Crippen LogP contribution in [0, 0.1) is 10.6 Å². The zero-order chi connectivity index (χ0) is 21.2. The van der Waals surface area contributed by atoms with Crippen LogP contribution in [0.5, 0.6) is 0 Å². The second-order valence-electron chi connectivity index (χ2n) is 8.50. The molecule has 31 heavy (non-hydrogen) atoms. The molecule has 0 aliphatic carbocycles. The van der Waals surface area contributed by atoms with Crippen LogP contribution in [0.2, 0.25) is 0 Å². The number of halogens is 1. The number of rotatable bonds is 6. The summed E-state index contributed by atoms with van der Waals surface area (Å²) in [4.78, 5) is 5.85. The Labute approximate surface area is 186 Å². The van der Waals surface area contributed by atoms with Crippen LogP contribution in [-0.2, 0) is 9.47 Å². The largest absolute Gasteiger partial charge is 0.350 e. The minimum Gasteiger partial charge on any atom is -0.350 e. The summed E-state index contributed by atoms with van der Waals surface area (Å²) in [6.45, 7) is 4.24. The van der Waals surface area contributed by atoms with Gasteiger partial charge in [0, 0.05) is 38.0 Å². The van der Waals surface area contributed by atoms with Gasteiger partial charge in [-0.3, -0.25) is 0 Å². The Morgan fingerprint density at radius 1 is 1.03 bits per heavy atom. The summed E-state index contributed by atoms with van der Waals surface area (Å²) in [6.07, 6.45) is 2.74. The summed E-state index contributed by atoms with van der Waals surface area (Å²) in [5.74, 6) is 0.0441. The van der Waals surface area contributed by atoms with Crippen molar-refractivity contribution in [2.24, 2.45) is 0 Å². The molecule has 7 heteroatoms. The maximum absolute atomic E-state index is 13.5. The number of para-hydroxylation sites is 2. The first-order valence-corrected chi connectivity index (χ1v) is 11.5. The summed E-state index contributed by atoms with van der Waals surface area (Å²) in [7, 11) is 0. The van der Waals surface area contributed by atoms with Crippen molar-refractivity contribution < 1.29 is 13.9 Å². The van der Waals surface area contributed by atoms with Crippen LogP contribution in [-0.4, -0.2) is 53.6 Å². The second-order valence-corrected chi connectivity index (χ2v) is 8.89. The van der Waals surface area contributed by atoms with Crippen LogP contribution < -0.4 is 0 Å². The molecule has 5 nitrogen and oxygen atoms in total. The zero-order valence-corrected chi connectivity index (χ0v) is 18.3. The van der Waals surface area contributed by atoms with Gasteiger partial charge < -0.3 is 23.9 Å². The van der Waals surface area contributed by atoms with Gasteiger partial charge in [0.05, 0.1) is 24.2 Å². The molecule has 1 N–H and O–H groups in total. The Hall–Kier alpha value is -2.06. The number of hydrogen-bond acceptors (Lipinski definition) is 4. The highest BCUT2D eigenvalue weighted by atomic mass is 32.1. The highest BCUT2D eigenvalue weighted by molar-refractivity contribution is 7.71. The summed E-state index contributed by atoms with van der Waals surface area (Å²) in [6, 6.07) is 15.6. The Morgan fingerprint density at radius 2 is 1.74 bits per heavy atom. The van der Waals surface area contributed by atoms with E-state index in [-0.39, 0.29) is 18.0 Å². The molecular formula is C24H28FN3O2S. The summed E-state index contributed by atoms with van der Waals surface area (Å²) < 4.78 is 28.0. The first kappa shape index (κ1) is 20.8. The van der Waals surface area contributed by atoms with Crippen molar-refractivity contribution in [2.45, 2.75) is 37.5 Å². The van der Waals surface area contributed by atoms with E-state index in [0.29, 0.717) is 19.3 Å². The highest BCUT2D eigenvalue weighted by Crippen LogP contribution is 2.31. The third-order valence-electron chi connectivity index (χ3n) is 6.53. The van der Waals surface area contributed by atoms with Gasteiger partial charge in [0.2, 0.25) is 0 Å². The molecule has 1 aromatic heterocycles. The maximum Gasteiger partial charge on any atom is 0.178 e. The lowest BCUT2D eigenvalue weighted by Gasteiger charge is -2.35. The molecule has 164 valence electrons. The van der Waals surface area contributed by atoms with Crippen molar-refractivity contribution in [2.75, 3.05) is 32.8 Å². The van der Waals surface area contributed by atoms with Crippen molar-refractivity contribution in [1.29, 1.82) is 0 Å².